The zero-order valence-corrected chi connectivity index (χ0v) is 13.1. The molecule has 1 aromatic rings. The lowest BCUT2D eigenvalue weighted by Gasteiger charge is -2.18. The lowest BCUT2D eigenvalue weighted by atomic mass is 10.1. The van der Waals surface area contributed by atoms with Crippen molar-refractivity contribution >= 4 is 23.6 Å². The largest absolute Gasteiger partial charge is 0.481 e. The summed E-state index contributed by atoms with van der Waals surface area (Å²) < 4.78 is 0. The second-order valence-corrected chi connectivity index (χ2v) is 5.53. The van der Waals surface area contributed by atoms with Crippen molar-refractivity contribution in [1.29, 1.82) is 0 Å². The fourth-order valence-corrected chi connectivity index (χ4v) is 1.92. The number of halogens is 1. The first kappa shape index (κ1) is 17.3. The Kier molecular flexibility index (Phi) is 7.02. The van der Waals surface area contributed by atoms with Gasteiger partial charge in [-0.05, 0) is 30.5 Å². The van der Waals surface area contributed by atoms with E-state index in [0.717, 1.165) is 5.56 Å². The number of urea groups is 1. The molecule has 0 aliphatic rings. The van der Waals surface area contributed by atoms with E-state index >= 15 is 0 Å². The highest BCUT2D eigenvalue weighted by molar-refractivity contribution is 6.30. The Hall–Kier alpha value is -1.75. The van der Waals surface area contributed by atoms with Crippen LogP contribution in [0.2, 0.25) is 5.02 Å². The number of nitrogens with zero attached hydrogens (tertiary/aromatic N) is 1. The number of carbonyl (C=O) groups excluding carboxylic acids is 1. The molecule has 0 aliphatic heterocycles. The molecule has 0 spiro atoms. The van der Waals surface area contributed by atoms with Gasteiger partial charge in [0.25, 0.3) is 0 Å². The maximum Gasteiger partial charge on any atom is 0.317 e. The number of carbonyl (C=O) groups is 2. The van der Waals surface area contributed by atoms with E-state index in [1.165, 1.54) is 0 Å². The topological polar surface area (TPSA) is 69.6 Å². The summed E-state index contributed by atoms with van der Waals surface area (Å²) >= 11 is 5.81. The van der Waals surface area contributed by atoms with Gasteiger partial charge in [-0.15, -0.1) is 0 Å². The molecule has 21 heavy (non-hydrogen) atoms. The molecule has 0 radical (unpaired) electrons. The normalized spacial score (nSPS) is 11.8. The predicted molar refractivity (Wildman–Crippen MR) is 82.4 cm³/mol. The van der Waals surface area contributed by atoms with E-state index < -0.39 is 5.97 Å². The van der Waals surface area contributed by atoms with Crippen LogP contribution in [0.5, 0.6) is 0 Å². The minimum Gasteiger partial charge on any atom is -0.481 e. The van der Waals surface area contributed by atoms with Crippen LogP contribution in [-0.2, 0) is 11.3 Å². The average Bonchev–Trinajstić information content (AvgIpc) is 2.45. The fourth-order valence-electron chi connectivity index (χ4n) is 1.80. The maximum absolute atomic E-state index is 11.9. The molecule has 0 saturated heterocycles. The van der Waals surface area contributed by atoms with E-state index in [1.54, 1.807) is 31.0 Å². The summed E-state index contributed by atoms with van der Waals surface area (Å²) in [6.45, 7) is 2.63. The molecule has 0 saturated carbocycles. The van der Waals surface area contributed by atoms with Crippen LogP contribution in [0.1, 0.15) is 25.3 Å². The van der Waals surface area contributed by atoms with Crippen LogP contribution in [0.4, 0.5) is 4.79 Å². The highest BCUT2D eigenvalue weighted by Crippen LogP contribution is 2.11. The fraction of sp³-hybridized carbons (Fsp3) is 0.467. The molecule has 0 fully saturated rings. The first-order valence-corrected chi connectivity index (χ1v) is 7.24. The number of benzene rings is 1. The predicted octanol–water partition coefficient (Wildman–Crippen LogP) is 2.98. The van der Waals surface area contributed by atoms with Gasteiger partial charge in [0.2, 0.25) is 0 Å². The van der Waals surface area contributed by atoms with Crippen LogP contribution in [0, 0.1) is 5.92 Å². The third-order valence-electron chi connectivity index (χ3n) is 3.19. The molecule has 0 aliphatic carbocycles. The van der Waals surface area contributed by atoms with Gasteiger partial charge in [0, 0.05) is 25.2 Å². The summed E-state index contributed by atoms with van der Waals surface area (Å²) in [6.07, 6.45) is 1.20. The zero-order valence-electron chi connectivity index (χ0n) is 12.3. The summed E-state index contributed by atoms with van der Waals surface area (Å²) in [7, 11) is 1.71. The molecule has 116 valence electrons. The third-order valence-corrected chi connectivity index (χ3v) is 3.44. The third kappa shape index (κ3) is 6.49. The minimum atomic E-state index is -0.804. The van der Waals surface area contributed by atoms with Crippen LogP contribution in [0.15, 0.2) is 24.3 Å². The number of amides is 2. The zero-order chi connectivity index (χ0) is 15.8. The minimum absolute atomic E-state index is 0.173. The Morgan fingerprint density at radius 2 is 1.95 bits per heavy atom. The van der Waals surface area contributed by atoms with Crippen molar-refractivity contribution < 1.29 is 14.7 Å². The average molecular weight is 313 g/mol. The first-order chi connectivity index (χ1) is 9.90. The molecule has 0 bridgehead atoms. The molecule has 5 nitrogen and oxygen atoms in total. The van der Waals surface area contributed by atoms with E-state index in [9.17, 15) is 9.59 Å². The van der Waals surface area contributed by atoms with Gasteiger partial charge in [-0.2, -0.15) is 0 Å². The highest BCUT2D eigenvalue weighted by atomic mass is 35.5. The molecule has 0 aromatic heterocycles. The van der Waals surface area contributed by atoms with Crippen LogP contribution < -0.4 is 5.32 Å². The maximum atomic E-state index is 11.9. The SMILES string of the molecule is CC(CCCNC(=O)N(C)Cc1ccc(Cl)cc1)C(=O)O. The number of hydrogen-bond acceptors (Lipinski definition) is 2. The Bertz CT molecular complexity index is 476. The molecule has 1 atom stereocenters. The van der Waals surface area contributed by atoms with Gasteiger partial charge in [-0.1, -0.05) is 30.7 Å². The van der Waals surface area contributed by atoms with Crippen molar-refractivity contribution in [3.63, 3.8) is 0 Å². The number of hydrogen-bond donors (Lipinski definition) is 2. The molecule has 1 unspecified atom stereocenters. The van der Waals surface area contributed by atoms with E-state index in [0.29, 0.717) is 31.0 Å². The van der Waals surface area contributed by atoms with Crippen LogP contribution in [0.3, 0.4) is 0 Å². The van der Waals surface area contributed by atoms with E-state index in [2.05, 4.69) is 5.32 Å². The summed E-state index contributed by atoms with van der Waals surface area (Å²) in [5.74, 6) is -1.19. The van der Waals surface area contributed by atoms with Crippen molar-refractivity contribution in [2.24, 2.45) is 5.92 Å². The quantitative estimate of drug-likeness (QED) is 0.760. The summed E-state index contributed by atoms with van der Waals surface area (Å²) in [5, 5.41) is 12.2. The summed E-state index contributed by atoms with van der Waals surface area (Å²) in [4.78, 5) is 24.1. The monoisotopic (exact) mass is 312 g/mol. The lowest BCUT2D eigenvalue weighted by Crippen LogP contribution is -2.37. The van der Waals surface area contributed by atoms with Gasteiger partial charge >= 0.3 is 12.0 Å². The van der Waals surface area contributed by atoms with Gasteiger partial charge in [0.05, 0.1) is 5.92 Å². The molecule has 6 heteroatoms. The number of aliphatic carboxylic acids is 1. The number of nitrogens with one attached hydrogen (secondary N) is 1. The highest BCUT2D eigenvalue weighted by Gasteiger charge is 2.11. The second kappa shape index (κ2) is 8.52. The first-order valence-electron chi connectivity index (χ1n) is 6.86. The molecule has 2 amide bonds. The van der Waals surface area contributed by atoms with Crippen molar-refractivity contribution in [3.05, 3.63) is 34.9 Å². The van der Waals surface area contributed by atoms with Gasteiger partial charge < -0.3 is 15.3 Å². The van der Waals surface area contributed by atoms with Crippen LogP contribution in [-0.4, -0.2) is 35.6 Å². The van der Waals surface area contributed by atoms with E-state index in [-0.39, 0.29) is 11.9 Å². The number of carboxylic acid groups (broad SMARTS) is 1. The molecule has 1 aromatic carbocycles. The smallest absolute Gasteiger partial charge is 0.317 e. The van der Waals surface area contributed by atoms with Crippen LogP contribution >= 0.6 is 11.6 Å². The van der Waals surface area contributed by atoms with Gasteiger partial charge in [0.1, 0.15) is 0 Å². The Morgan fingerprint density at radius 3 is 2.52 bits per heavy atom. The van der Waals surface area contributed by atoms with Crippen molar-refractivity contribution in [2.45, 2.75) is 26.3 Å². The van der Waals surface area contributed by atoms with Gasteiger partial charge in [0.15, 0.2) is 0 Å². The Balaban J connectivity index is 2.28. The van der Waals surface area contributed by atoms with Gasteiger partial charge in [-0.25, -0.2) is 4.79 Å². The van der Waals surface area contributed by atoms with Crippen molar-refractivity contribution in [1.82, 2.24) is 10.2 Å². The lowest BCUT2D eigenvalue weighted by molar-refractivity contribution is -0.141. The van der Waals surface area contributed by atoms with Crippen molar-refractivity contribution in [2.75, 3.05) is 13.6 Å². The summed E-state index contributed by atoms with van der Waals surface area (Å²) in [6, 6.07) is 7.15. The summed E-state index contributed by atoms with van der Waals surface area (Å²) in [5.41, 5.74) is 0.997. The Labute approximate surface area is 129 Å². The standard InChI is InChI=1S/C15H21ClN2O3/c1-11(14(19)20)4-3-9-17-15(21)18(2)10-12-5-7-13(16)8-6-12/h5-8,11H,3-4,9-10H2,1-2H3,(H,17,21)(H,19,20). The van der Waals surface area contributed by atoms with Crippen molar-refractivity contribution in [3.8, 4) is 0 Å². The molecule has 2 N–H and O–H groups in total. The van der Waals surface area contributed by atoms with Gasteiger partial charge in [-0.3, -0.25) is 4.79 Å². The molecule has 1 rings (SSSR count). The number of carboxylic acids is 1. The molecular weight excluding hydrogens is 292 g/mol. The number of rotatable bonds is 7. The van der Waals surface area contributed by atoms with E-state index in [1.807, 2.05) is 12.1 Å². The Morgan fingerprint density at radius 1 is 1.33 bits per heavy atom. The molecule has 0 heterocycles. The second-order valence-electron chi connectivity index (χ2n) is 5.10. The van der Waals surface area contributed by atoms with E-state index in [4.69, 9.17) is 16.7 Å². The molecular formula is C15H21ClN2O3. The van der Waals surface area contributed by atoms with Crippen LogP contribution in [0.25, 0.3) is 0 Å².